The lowest BCUT2D eigenvalue weighted by Crippen LogP contribution is -2.46. The molecule has 6 nitrogen and oxygen atoms in total. The van der Waals surface area contributed by atoms with Crippen LogP contribution in [0.1, 0.15) is 18.1 Å². The molecule has 29 heavy (non-hydrogen) atoms. The predicted molar refractivity (Wildman–Crippen MR) is 105 cm³/mol. The maximum absolute atomic E-state index is 13.2. The summed E-state index contributed by atoms with van der Waals surface area (Å²) in [6.45, 7) is 5.53. The van der Waals surface area contributed by atoms with Crippen LogP contribution in [0.15, 0.2) is 40.2 Å². The molecule has 0 amide bonds. The van der Waals surface area contributed by atoms with Gasteiger partial charge in [0.2, 0.25) is 0 Å². The highest BCUT2D eigenvalue weighted by molar-refractivity contribution is 7.99. The zero-order valence-corrected chi connectivity index (χ0v) is 16.6. The highest BCUT2D eigenvalue weighted by Crippen LogP contribution is 2.36. The number of oxazole rings is 1. The lowest BCUT2D eigenvalue weighted by Gasteiger charge is -2.33. The van der Waals surface area contributed by atoms with Crippen LogP contribution in [0.5, 0.6) is 0 Å². The van der Waals surface area contributed by atoms with E-state index in [4.69, 9.17) is 4.42 Å². The van der Waals surface area contributed by atoms with Crippen molar-refractivity contribution >= 4 is 28.9 Å². The first-order chi connectivity index (χ1) is 13.9. The molecule has 1 aliphatic rings. The number of rotatable bonds is 5. The van der Waals surface area contributed by atoms with Crippen molar-refractivity contribution in [3.05, 3.63) is 41.7 Å². The molecule has 3 aromatic rings. The summed E-state index contributed by atoms with van der Waals surface area (Å²) in [6, 6.07) is 4.14. The first-order valence-electron chi connectivity index (χ1n) is 9.32. The van der Waals surface area contributed by atoms with Gasteiger partial charge < -0.3 is 9.32 Å². The van der Waals surface area contributed by atoms with Crippen LogP contribution < -0.4 is 4.90 Å². The third-order valence-corrected chi connectivity index (χ3v) is 5.47. The minimum absolute atomic E-state index is 0.209. The molecule has 0 bridgehead atoms. The van der Waals surface area contributed by atoms with Crippen LogP contribution >= 0.6 is 11.8 Å². The van der Waals surface area contributed by atoms with Crippen molar-refractivity contribution in [3.63, 3.8) is 0 Å². The number of alkyl halides is 3. The zero-order chi connectivity index (χ0) is 20.4. The number of nitrogens with zero attached hydrogens (tertiary/aromatic N) is 5. The summed E-state index contributed by atoms with van der Waals surface area (Å²) in [6.07, 6.45) is -0.782. The molecule has 0 unspecified atom stereocenters. The first kappa shape index (κ1) is 20.0. The van der Waals surface area contributed by atoms with E-state index in [1.54, 1.807) is 11.8 Å². The van der Waals surface area contributed by atoms with E-state index in [-0.39, 0.29) is 17.1 Å². The summed E-state index contributed by atoms with van der Waals surface area (Å²) >= 11 is 1.60. The Balaban J connectivity index is 1.40. The van der Waals surface area contributed by atoms with Gasteiger partial charge in [-0.3, -0.25) is 4.90 Å². The van der Waals surface area contributed by atoms with Gasteiger partial charge in [0.15, 0.2) is 10.7 Å². The second-order valence-corrected chi connectivity index (χ2v) is 7.95. The standard InChI is InChI=1S/C19H20F3N5OS/c1-2-29-17-23-10-13(11-24-17)12-26-6-8-27(9-7-26)18-25-15-5-3-4-14(16(15)28-18)19(20,21)22/h3-5,10-11H,2,6-9,12H2,1H3. The normalized spacial score (nSPS) is 15.9. The Hall–Kier alpha value is -2.33. The molecule has 2 aromatic heterocycles. The lowest BCUT2D eigenvalue weighted by molar-refractivity contribution is -0.136. The number of hydrogen-bond acceptors (Lipinski definition) is 7. The van der Waals surface area contributed by atoms with Gasteiger partial charge in [0, 0.05) is 50.7 Å². The number of halogens is 3. The molecule has 0 radical (unpaired) electrons. The number of anilines is 1. The van der Waals surface area contributed by atoms with Crippen molar-refractivity contribution < 1.29 is 17.6 Å². The van der Waals surface area contributed by atoms with Crippen LogP contribution in [0.2, 0.25) is 0 Å². The fourth-order valence-electron chi connectivity index (χ4n) is 3.28. The summed E-state index contributed by atoms with van der Waals surface area (Å²) in [5.74, 6) is 0.932. The molecule has 10 heteroatoms. The highest BCUT2D eigenvalue weighted by atomic mass is 32.2. The van der Waals surface area contributed by atoms with E-state index in [2.05, 4.69) is 26.8 Å². The summed E-state index contributed by atoms with van der Waals surface area (Å²) in [5, 5.41) is 0.773. The Morgan fingerprint density at radius 2 is 1.83 bits per heavy atom. The van der Waals surface area contributed by atoms with Crippen LogP contribution in [-0.2, 0) is 12.7 Å². The van der Waals surface area contributed by atoms with Crippen molar-refractivity contribution in [3.8, 4) is 0 Å². The van der Waals surface area contributed by atoms with Crippen molar-refractivity contribution in [2.24, 2.45) is 0 Å². The summed E-state index contributed by atoms with van der Waals surface area (Å²) in [7, 11) is 0. The molecule has 0 aliphatic carbocycles. The maximum atomic E-state index is 13.2. The van der Waals surface area contributed by atoms with Crippen LogP contribution in [0.3, 0.4) is 0 Å². The fourth-order valence-corrected chi connectivity index (χ4v) is 3.79. The van der Waals surface area contributed by atoms with E-state index in [0.717, 1.165) is 42.2 Å². The first-order valence-corrected chi connectivity index (χ1v) is 10.3. The van der Waals surface area contributed by atoms with Gasteiger partial charge in [-0.05, 0) is 17.9 Å². The minimum atomic E-state index is -4.47. The topological polar surface area (TPSA) is 58.3 Å². The van der Waals surface area contributed by atoms with Gasteiger partial charge in [0.25, 0.3) is 6.01 Å². The number of benzene rings is 1. The Labute approximate surface area is 170 Å². The van der Waals surface area contributed by atoms with Gasteiger partial charge >= 0.3 is 6.18 Å². The molecule has 0 saturated carbocycles. The summed E-state index contributed by atoms with van der Waals surface area (Å²) in [4.78, 5) is 17.1. The van der Waals surface area contributed by atoms with Crippen molar-refractivity contribution in [1.29, 1.82) is 0 Å². The molecule has 1 aliphatic heterocycles. The third-order valence-electron chi connectivity index (χ3n) is 4.71. The van der Waals surface area contributed by atoms with E-state index < -0.39 is 11.7 Å². The van der Waals surface area contributed by atoms with Crippen LogP contribution in [0.4, 0.5) is 19.2 Å². The number of fused-ring (bicyclic) bond motifs is 1. The Morgan fingerprint density at radius 3 is 2.48 bits per heavy atom. The van der Waals surface area contributed by atoms with Crippen LogP contribution in [0.25, 0.3) is 11.1 Å². The maximum Gasteiger partial charge on any atom is 0.420 e. The van der Waals surface area contributed by atoms with Gasteiger partial charge in [-0.25, -0.2) is 9.97 Å². The molecule has 3 heterocycles. The number of hydrogen-bond donors (Lipinski definition) is 0. The second-order valence-electron chi connectivity index (χ2n) is 6.72. The van der Waals surface area contributed by atoms with Gasteiger partial charge in [-0.2, -0.15) is 18.2 Å². The quantitative estimate of drug-likeness (QED) is 0.453. The SMILES string of the molecule is CCSc1ncc(CN2CCN(c3nc4cccc(C(F)(F)F)c4o3)CC2)cn1. The molecule has 4 rings (SSSR count). The van der Waals surface area contributed by atoms with E-state index in [1.165, 1.54) is 12.1 Å². The van der Waals surface area contributed by atoms with Crippen molar-refractivity contribution in [1.82, 2.24) is 19.9 Å². The smallest absolute Gasteiger partial charge is 0.420 e. The van der Waals surface area contributed by atoms with Crippen molar-refractivity contribution in [2.45, 2.75) is 24.8 Å². The van der Waals surface area contributed by atoms with Gasteiger partial charge in [-0.1, -0.05) is 24.8 Å². The summed E-state index contributed by atoms with van der Waals surface area (Å²) in [5.41, 5.74) is 0.256. The zero-order valence-electron chi connectivity index (χ0n) is 15.8. The molecule has 1 saturated heterocycles. The van der Waals surface area contributed by atoms with Gasteiger partial charge in [-0.15, -0.1) is 0 Å². The van der Waals surface area contributed by atoms with E-state index >= 15 is 0 Å². The molecule has 0 spiro atoms. The molecule has 0 atom stereocenters. The lowest BCUT2D eigenvalue weighted by atomic mass is 10.2. The van der Waals surface area contributed by atoms with Crippen LogP contribution in [-0.4, -0.2) is 51.8 Å². The van der Waals surface area contributed by atoms with Crippen molar-refractivity contribution in [2.75, 3.05) is 36.8 Å². The van der Waals surface area contributed by atoms with Gasteiger partial charge in [0.1, 0.15) is 11.1 Å². The summed E-state index contributed by atoms with van der Waals surface area (Å²) < 4.78 is 45.0. The Kier molecular flexibility index (Phi) is 5.64. The van der Waals surface area contributed by atoms with Gasteiger partial charge in [0.05, 0.1) is 0 Å². The number of aromatic nitrogens is 3. The Bertz CT molecular complexity index is 968. The number of piperazine rings is 1. The third kappa shape index (κ3) is 4.48. The number of thioether (sulfide) groups is 1. The predicted octanol–water partition coefficient (Wildman–Crippen LogP) is 4.07. The number of para-hydroxylation sites is 1. The average Bonchev–Trinajstić information content (AvgIpc) is 3.14. The second kappa shape index (κ2) is 8.19. The highest BCUT2D eigenvalue weighted by Gasteiger charge is 2.35. The largest absolute Gasteiger partial charge is 0.423 e. The molecule has 0 N–H and O–H groups in total. The minimum Gasteiger partial charge on any atom is -0.423 e. The molecular weight excluding hydrogens is 403 g/mol. The molecule has 1 aromatic carbocycles. The van der Waals surface area contributed by atoms with E-state index in [0.29, 0.717) is 13.1 Å². The molecular formula is C19H20F3N5OS. The Morgan fingerprint density at radius 1 is 1.10 bits per heavy atom. The van der Waals surface area contributed by atoms with E-state index in [9.17, 15) is 13.2 Å². The fraction of sp³-hybridized carbons (Fsp3) is 0.421. The molecule has 1 fully saturated rings. The average molecular weight is 423 g/mol. The van der Waals surface area contributed by atoms with E-state index in [1.807, 2.05) is 17.3 Å². The molecule has 154 valence electrons. The van der Waals surface area contributed by atoms with Crippen LogP contribution in [0, 0.1) is 0 Å². The monoisotopic (exact) mass is 423 g/mol.